The number of benzene rings is 1. The van der Waals surface area contributed by atoms with Crippen LogP contribution in [0, 0.1) is 0 Å². The van der Waals surface area contributed by atoms with Gasteiger partial charge in [0.2, 0.25) is 0 Å². The normalized spacial score (nSPS) is 24.4. The van der Waals surface area contributed by atoms with Gasteiger partial charge in [0, 0.05) is 19.3 Å². The number of methoxy groups -OCH3 is 1. The maximum absolute atomic E-state index is 10.7. The number of hydrogen-bond acceptors (Lipinski definition) is 4. The van der Waals surface area contributed by atoms with Crippen molar-refractivity contribution in [1.29, 1.82) is 0 Å². The fraction of sp³-hybridized carbons (Fsp3) is 0.625. The number of para-hydroxylation sites is 1. The fourth-order valence-electron chi connectivity index (χ4n) is 2.57. The van der Waals surface area contributed by atoms with Gasteiger partial charge >= 0.3 is 0 Å². The maximum atomic E-state index is 10.7. The molecule has 20 heavy (non-hydrogen) atoms. The van der Waals surface area contributed by atoms with Crippen LogP contribution in [0.5, 0.6) is 5.75 Å². The molecule has 2 atom stereocenters. The number of aliphatic hydroxyl groups excluding tert-OH is 1. The molecule has 1 N–H and O–H groups in total. The molecular weight excluding hydrogens is 256 g/mol. The zero-order valence-corrected chi connectivity index (χ0v) is 12.3. The highest BCUT2D eigenvalue weighted by atomic mass is 16.5. The third kappa shape index (κ3) is 3.51. The lowest BCUT2D eigenvalue weighted by molar-refractivity contribution is -0.138. The Morgan fingerprint density at radius 3 is 2.80 bits per heavy atom. The molecule has 0 aromatic heterocycles. The van der Waals surface area contributed by atoms with Gasteiger partial charge in [0.25, 0.3) is 0 Å². The van der Waals surface area contributed by atoms with E-state index in [2.05, 4.69) is 0 Å². The minimum absolute atomic E-state index is 0.470. The molecular formula is C16H24O4. The lowest BCUT2D eigenvalue weighted by Crippen LogP contribution is -2.39. The summed E-state index contributed by atoms with van der Waals surface area (Å²) in [6.45, 7) is 3.68. The molecule has 1 aliphatic rings. The number of aliphatic hydroxyl groups is 1. The number of rotatable bonds is 6. The van der Waals surface area contributed by atoms with Gasteiger partial charge in [-0.2, -0.15) is 0 Å². The van der Waals surface area contributed by atoms with E-state index in [1.165, 1.54) is 0 Å². The van der Waals surface area contributed by atoms with Crippen LogP contribution >= 0.6 is 0 Å². The van der Waals surface area contributed by atoms with Crippen LogP contribution in [0.2, 0.25) is 0 Å². The van der Waals surface area contributed by atoms with Gasteiger partial charge in [0.1, 0.15) is 18.5 Å². The van der Waals surface area contributed by atoms with Gasteiger partial charge in [-0.1, -0.05) is 18.2 Å². The molecule has 4 heteroatoms. The van der Waals surface area contributed by atoms with E-state index in [0.29, 0.717) is 25.6 Å². The largest absolute Gasteiger partial charge is 0.491 e. The topological polar surface area (TPSA) is 47.9 Å². The quantitative estimate of drug-likeness (QED) is 0.814. The Kier molecular flexibility index (Phi) is 5.40. The van der Waals surface area contributed by atoms with Crippen LogP contribution in [-0.2, 0) is 9.47 Å². The van der Waals surface area contributed by atoms with Crippen molar-refractivity contribution in [3.63, 3.8) is 0 Å². The minimum atomic E-state index is -0.679. The fourth-order valence-corrected chi connectivity index (χ4v) is 2.57. The first-order valence-corrected chi connectivity index (χ1v) is 7.20. The van der Waals surface area contributed by atoms with Crippen molar-refractivity contribution in [3.8, 4) is 5.75 Å². The summed E-state index contributed by atoms with van der Waals surface area (Å²) in [5.74, 6) is 0.701. The van der Waals surface area contributed by atoms with Gasteiger partial charge in [0.15, 0.2) is 0 Å². The monoisotopic (exact) mass is 280 g/mol. The minimum Gasteiger partial charge on any atom is -0.491 e. The van der Waals surface area contributed by atoms with E-state index in [4.69, 9.17) is 14.2 Å². The summed E-state index contributed by atoms with van der Waals surface area (Å²) in [6, 6.07) is 7.59. The molecule has 112 valence electrons. The summed E-state index contributed by atoms with van der Waals surface area (Å²) in [5, 5.41) is 10.7. The summed E-state index contributed by atoms with van der Waals surface area (Å²) in [7, 11) is 1.64. The highest BCUT2D eigenvalue weighted by molar-refractivity contribution is 5.36. The van der Waals surface area contributed by atoms with Crippen molar-refractivity contribution >= 4 is 0 Å². The Balaban J connectivity index is 2.13. The summed E-state index contributed by atoms with van der Waals surface area (Å²) >= 11 is 0. The summed E-state index contributed by atoms with van der Waals surface area (Å²) in [6.07, 6.45) is 2.33. The molecule has 0 saturated carbocycles. The first kappa shape index (κ1) is 15.3. The van der Waals surface area contributed by atoms with E-state index in [0.717, 1.165) is 24.8 Å². The van der Waals surface area contributed by atoms with Crippen LogP contribution in [0.4, 0.5) is 0 Å². The predicted octanol–water partition coefficient (Wildman–Crippen LogP) is 2.70. The second-order valence-electron chi connectivity index (χ2n) is 5.40. The van der Waals surface area contributed by atoms with Crippen LogP contribution in [0.3, 0.4) is 0 Å². The standard InChI is InChI=1S/C16H24O4/c1-16(9-5-6-10-20-16)15(17)13-7-3-4-8-14(13)19-12-11-18-2/h3-4,7-8,15,17H,5-6,9-12H2,1-2H3. The Morgan fingerprint density at radius 1 is 1.30 bits per heavy atom. The second-order valence-corrected chi connectivity index (χ2v) is 5.40. The molecule has 1 saturated heterocycles. The van der Waals surface area contributed by atoms with Gasteiger partial charge in [-0.3, -0.25) is 0 Å². The molecule has 2 rings (SSSR count). The third-order valence-corrected chi connectivity index (χ3v) is 3.84. The van der Waals surface area contributed by atoms with Gasteiger partial charge in [-0.05, 0) is 32.3 Å². The van der Waals surface area contributed by atoms with Gasteiger partial charge < -0.3 is 19.3 Å². The van der Waals surface area contributed by atoms with Gasteiger partial charge in [-0.25, -0.2) is 0 Å². The molecule has 1 heterocycles. The Bertz CT molecular complexity index is 413. The highest BCUT2D eigenvalue weighted by Gasteiger charge is 2.37. The zero-order valence-electron chi connectivity index (χ0n) is 12.3. The third-order valence-electron chi connectivity index (χ3n) is 3.84. The zero-order chi connectivity index (χ0) is 14.4. The second kappa shape index (κ2) is 7.07. The van der Waals surface area contributed by atoms with Crippen molar-refractivity contribution in [2.24, 2.45) is 0 Å². The van der Waals surface area contributed by atoms with E-state index < -0.39 is 11.7 Å². The molecule has 1 aliphatic heterocycles. The molecule has 0 bridgehead atoms. The first-order chi connectivity index (χ1) is 9.67. The summed E-state index contributed by atoms with van der Waals surface area (Å²) < 4.78 is 16.5. The van der Waals surface area contributed by atoms with Crippen molar-refractivity contribution < 1.29 is 19.3 Å². The molecule has 0 aliphatic carbocycles. The van der Waals surface area contributed by atoms with E-state index >= 15 is 0 Å². The van der Waals surface area contributed by atoms with Crippen molar-refractivity contribution in [2.45, 2.75) is 37.9 Å². The van der Waals surface area contributed by atoms with Gasteiger partial charge in [-0.15, -0.1) is 0 Å². The van der Waals surface area contributed by atoms with Crippen LogP contribution in [0.25, 0.3) is 0 Å². The first-order valence-electron chi connectivity index (χ1n) is 7.20. The van der Waals surface area contributed by atoms with Crippen LogP contribution in [0.15, 0.2) is 24.3 Å². The average molecular weight is 280 g/mol. The van der Waals surface area contributed by atoms with Crippen LogP contribution in [0.1, 0.15) is 37.9 Å². The average Bonchev–Trinajstić information content (AvgIpc) is 2.48. The van der Waals surface area contributed by atoms with Gasteiger partial charge in [0.05, 0.1) is 12.2 Å². The lowest BCUT2D eigenvalue weighted by Gasteiger charge is -2.38. The molecule has 0 spiro atoms. The molecule has 1 aromatic carbocycles. The predicted molar refractivity (Wildman–Crippen MR) is 77.0 cm³/mol. The Hall–Kier alpha value is -1.10. The molecule has 4 nitrogen and oxygen atoms in total. The van der Waals surface area contributed by atoms with Crippen LogP contribution in [-0.4, -0.2) is 37.6 Å². The molecule has 1 fully saturated rings. The molecule has 2 unspecified atom stereocenters. The molecule has 1 aromatic rings. The van der Waals surface area contributed by atoms with E-state index in [9.17, 15) is 5.11 Å². The number of hydrogen-bond donors (Lipinski definition) is 1. The van der Waals surface area contributed by atoms with E-state index in [1.54, 1.807) is 7.11 Å². The van der Waals surface area contributed by atoms with E-state index in [1.807, 2.05) is 31.2 Å². The van der Waals surface area contributed by atoms with Crippen LogP contribution < -0.4 is 4.74 Å². The Morgan fingerprint density at radius 2 is 2.10 bits per heavy atom. The molecule has 0 radical (unpaired) electrons. The van der Waals surface area contributed by atoms with Crippen molar-refractivity contribution in [2.75, 3.05) is 26.9 Å². The van der Waals surface area contributed by atoms with Crippen molar-refractivity contribution in [1.82, 2.24) is 0 Å². The van der Waals surface area contributed by atoms with E-state index in [-0.39, 0.29) is 0 Å². The SMILES string of the molecule is COCCOc1ccccc1C(O)C1(C)CCCCO1. The maximum Gasteiger partial charge on any atom is 0.125 e. The summed E-state index contributed by atoms with van der Waals surface area (Å²) in [5.41, 5.74) is 0.256. The lowest BCUT2D eigenvalue weighted by atomic mass is 9.86. The summed E-state index contributed by atoms with van der Waals surface area (Å²) in [4.78, 5) is 0. The molecule has 0 amide bonds. The Labute approximate surface area is 120 Å². The highest BCUT2D eigenvalue weighted by Crippen LogP contribution is 2.39. The smallest absolute Gasteiger partial charge is 0.125 e. The van der Waals surface area contributed by atoms with Crippen molar-refractivity contribution in [3.05, 3.63) is 29.8 Å². The number of ether oxygens (including phenoxy) is 3.